The smallest absolute Gasteiger partial charge is 0.328 e. The van der Waals surface area contributed by atoms with Crippen LogP contribution in [0.2, 0.25) is 5.02 Å². The van der Waals surface area contributed by atoms with Crippen LogP contribution in [0.25, 0.3) is 11.0 Å². The maximum atomic E-state index is 12.5. The van der Waals surface area contributed by atoms with Crippen molar-refractivity contribution in [2.45, 2.75) is 6.54 Å². The first-order valence-electron chi connectivity index (χ1n) is 8.31. The van der Waals surface area contributed by atoms with Gasteiger partial charge in [-0.1, -0.05) is 23.7 Å². The molecule has 0 aliphatic carbocycles. The Balaban J connectivity index is 1.89. The minimum atomic E-state index is -0.456. The summed E-state index contributed by atoms with van der Waals surface area (Å²) in [7, 11) is 1.64. The van der Waals surface area contributed by atoms with E-state index in [0.29, 0.717) is 54.7 Å². The van der Waals surface area contributed by atoms with Crippen LogP contribution in [0.1, 0.15) is 5.56 Å². The number of fused-ring (bicyclic) bond motifs is 1. The van der Waals surface area contributed by atoms with Gasteiger partial charge in [-0.25, -0.2) is 4.79 Å². The summed E-state index contributed by atoms with van der Waals surface area (Å²) in [6.45, 7) is 2.90. The number of halogens is 1. The second-order valence-electron chi connectivity index (χ2n) is 6.22. The highest BCUT2D eigenvalue weighted by Crippen LogP contribution is 2.24. The van der Waals surface area contributed by atoms with Gasteiger partial charge in [-0.05, 0) is 17.7 Å². The molecule has 2 aromatic heterocycles. The molecule has 136 valence electrons. The predicted octanol–water partition coefficient (Wildman–Crippen LogP) is 0.962. The summed E-state index contributed by atoms with van der Waals surface area (Å²) >= 11 is 5.94. The fraction of sp³-hybridized carbons (Fsp3) is 0.353. The van der Waals surface area contributed by atoms with Crippen molar-refractivity contribution in [1.82, 2.24) is 19.3 Å². The molecular formula is C17H18ClN5O3. The van der Waals surface area contributed by atoms with Crippen molar-refractivity contribution in [3.05, 3.63) is 55.7 Å². The normalized spacial score (nSPS) is 14.9. The summed E-state index contributed by atoms with van der Waals surface area (Å²) in [5.74, 6) is 0.628. The van der Waals surface area contributed by atoms with Gasteiger partial charge in [-0.3, -0.25) is 19.0 Å². The number of aromatic nitrogens is 4. The largest absolute Gasteiger partial charge is 0.378 e. The van der Waals surface area contributed by atoms with E-state index < -0.39 is 11.2 Å². The average molecular weight is 376 g/mol. The SMILES string of the molecule is Cn1c(=O)[nH]c(=O)c2c1c(N1CCOCC1)nn2Cc1ccc(Cl)cc1. The molecule has 8 nitrogen and oxygen atoms in total. The Morgan fingerprint density at radius 3 is 2.54 bits per heavy atom. The zero-order chi connectivity index (χ0) is 18.3. The number of aromatic amines is 1. The topological polar surface area (TPSA) is 85.2 Å². The van der Waals surface area contributed by atoms with Crippen LogP contribution in [-0.2, 0) is 18.3 Å². The summed E-state index contributed by atoms with van der Waals surface area (Å²) in [5, 5.41) is 5.31. The Hall–Kier alpha value is -2.58. The molecule has 9 heteroatoms. The molecule has 0 unspecified atom stereocenters. The summed E-state index contributed by atoms with van der Waals surface area (Å²) in [6, 6.07) is 7.37. The van der Waals surface area contributed by atoms with Crippen LogP contribution in [0.3, 0.4) is 0 Å². The molecule has 3 heterocycles. The van der Waals surface area contributed by atoms with Gasteiger partial charge in [0, 0.05) is 25.2 Å². The molecule has 1 N–H and O–H groups in total. The molecule has 0 spiro atoms. The van der Waals surface area contributed by atoms with Crippen molar-refractivity contribution in [2.75, 3.05) is 31.2 Å². The van der Waals surface area contributed by atoms with Crippen molar-refractivity contribution in [3.8, 4) is 0 Å². The second-order valence-corrected chi connectivity index (χ2v) is 6.66. The molecule has 0 saturated carbocycles. The molecular weight excluding hydrogens is 358 g/mol. The maximum Gasteiger partial charge on any atom is 0.328 e. The molecule has 26 heavy (non-hydrogen) atoms. The molecule has 1 aromatic carbocycles. The third-order valence-electron chi connectivity index (χ3n) is 4.54. The lowest BCUT2D eigenvalue weighted by molar-refractivity contribution is 0.122. The van der Waals surface area contributed by atoms with Crippen LogP contribution in [0.5, 0.6) is 0 Å². The standard InChI is InChI=1S/C17H18ClN5O3/c1-21-13-14(16(24)19-17(21)25)23(10-11-2-4-12(18)5-3-11)20-15(13)22-6-8-26-9-7-22/h2-5H,6-10H2,1H3,(H,19,24,25). The quantitative estimate of drug-likeness (QED) is 0.737. The number of ether oxygens (including phenoxy) is 1. The number of benzene rings is 1. The van der Waals surface area contributed by atoms with E-state index in [2.05, 4.69) is 10.1 Å². The summed E-state index contributed by atoms with van der Waals surface area (Å²) in [4.78, 5) is 29.0. The van der Waals surface area contributed by atoms with Gasteiger partial charge < -0.3 is 9.64 Å². The minimum absolute atomic E-state index is 0.378. The van der Waals surface area contributed by atoms with Crippen molar-refractivity contribution in [1.29, 1.82) is 0 Å². The van der Waals surface area contributed by atoms with Crippen LogP contribution in [-0.4, -0.2) is 45.6 Å². The molecule has 1 aliphatic rings. The summed E-state index contributed by atoms with van der Waals surface area (Å²) < 4.78 is 8.48. The molecule has 0 bridgehead atoms. The van der Waals surface area contributed by atoms with Gasteiger partial charge >= 0.3 is 5.69 Å². The summed E-state index contributed by atoms with van der Waals surface area (Å²) in [6.07, 6.45) is 0. The highest BCUT2D eigenvalue weighted by Gasteiger charge is 2.23. The Morgan fingerprint density at radius 2 is 1.85 bits per heavy atom. The van der Waals surface area contributed by atoms with E-state index in [0.717, 1.165) is 5.56 Å². The average Bonchev–Trinajstić information content (AvgIpc) is 3.02. The van der Waals surface area contributed by atoms with Crippen molar-refractivity contribution < 1.29 is 4.74 Å². The molecule has 1 saturated heterocycles. The van der Waals surface area contributed by atoms with Gasteiger partial charge in [0.05, 0.1) is 19.8 Å². The lowest BCUT2D eigenvalue weighted by atomic mass is 10.2. The van der Waals surface area contributed by atoms with Gasteiger partial charge in [-0.2, -0.15) is 5.10 Å². The first kappa shape index (κ1) is 16.9. The first-order valence-corrected chi connectivity index (χ1v) is 8.69. The van der Waals surface area contributed by atoms with E-state index in [4.69, 9.17) is 16.3 Å². The number of morpholine rings is 1. The lowest BCUT2D eigenvalue weighted by Crippen LogP contribution is -2.37. The lowest BCUT2D eigenvalue weighted by Gasteiger charge is -2.27. The molecule has 1 aliphatic heterocycles. The van der Waals surface area contributed by atoms with E-state index in [1.807, 2.05) is 17.0 Å². The second kappa shape index (κ2) is 6.62. The van der Waals surface area contributed by atoms with Crippen molar-refractivity contribution in [2.24, 2.45) is 7.05 Å². The molecule has 0 amide bonds. The third kappa shape index (κ3) is 2.91. The highest BCUT2D eigenvalue weighted by molar-refractivity contribution is 6.30. The maximum absolute atomic E-state index is 12.5. The number of nitrogens with one attached hydrogen (secondary N) is 1. The minimum Gasteiger partial charge on any atom is -0.378 e. The highest BCUT2D eigenvalue weighted by atomic mass is 35.5. The molecule has 0 atom stereocenters. The number of nitrogens with zero attached hydrogens (tertiary/aromatic N) is 4. The Labute approximate surface area is 153 Å². The van der Waals surface area contributed by atoms with Crippen LogP contribution < -0.4 is 16.1 Å². The van der Waals surface area contributed by atoms with Crippen LogP contribution >= 0.6 is 11.6 Å². The van der Waals surface area contributed by atoms with Crippen LogP contribution in [0.15, 0.2) is 33.9 Å². The van der Waals surface area contributed by atoms with Crippen molar-refractivity contribution in [3.63, 3.8) is 0 Å². The molecule has 3 aromatic rings. The van der Waals surface area contributed by atoms with Crippen LogP contribution in [0.4, 0.5) is 5.82 Å². The number of hydrogen-bond donors (Lipinski definition) is 1. The molecule has 1 fully saturated rings. The number of aryl methyl sites for hydroxylation is 1. The Kier molecular flexibility index (Phi) is 4.29. The zero-order valence-electron chi connectivity index (χ0n) is 14.2. The van der Waals surface area contributed by atoms with Crippen LogP contribution in [0, 0.1) is 0 Å². The Bertz CT molecular complexity index is 1060. The number of hydrogen-bond acceptors (Lipinski definition) is 5. The number of anilines is 1. The van der Waals surface area contributed by atoms with Gasteiger partial charge in [0.2, 0.25) is 0 Å². The molecule has 0 radical (unpaired) electrons. The Morgan fingerprint density at radius 1 is 1.15 bits per heavy atom. The third-order valence-corrected chi connectivity index (χ3v) is 4.79. The monoisotopic (exact) mass is 375 g/mol. The fourth-order valence-corrected chi connectivity index (χ4v) is 3.31. The van der Waals surface area contributed by atoms with E-state index in [1.165, 1.54) is 4.57 Å². The molecule has 4 rings (SSSR count). The van der Waals surface area contributed by atoms with Crippen molar-refractivity contribution >= 4 is 28.5 Å². The van der Waals surface area contributed by atoms with E-state index >= 15 is 0 Å². The van der Waals surface area contributed by atoms with Gasteiger partial charge in [-0.15, -0.1) is 0 Å². The van der Waals surface area contributed by atoms with E-state index in [-0.39, 0.29) is 0 Å². The van der Waals surface area contributed by atoms with E-state index in [1.54, 1.807) is 23.9 Å². The zero-order valence-corrected chi connectivity index (χ0v) is 15.0. The predicted molar refractivity (Wildman–Crippen MR) is 99.2 cm³/mol. The van der Waals surface area contributed by atoms with Gasteiger partial charge in [0.25, 0.3) is 5.56 Å². The summed E-state index contributed by atoms with van der Waals surface area (Å²) in [5.41, 5.74) is 0.978. The number of H-pyrrole nitrogens is 1. The van der Waals surface area contributed by atoms with Gasteiger partial charge in [0.15, 0.2) is 11.3 Å². The fourth-order valence-electron chi connectivity index (χ4n) is 3.18. The van der Waals surface area contributed by atoms with E-state index in [9.17, 15) is 9.59 Å². The first-order chi connectivity index (χ1) is 12.5. The van der Waals surface area contributed by atoms with Gasteiger partial charge in [0.1, 0.15) is 5.52 Å². The number of rotatable bonds is 3.